The first kappa shape index (κ1) is 19.1. The number of primary amides is 1. The van der Waals surface area contributed by atoms with Crippen molar-refractivity contribution in [1.82, 2.24) is 14.9 Å². The summed E-state index contributed by atoms with van der Waals surface area (Å²) in [5.41, 5.74) is 9.75. The van der Waals surface area contributed by atoms with Crippen LogP contribution in [-0.2, 0) is 6.54 Å². The zero-order valence-corrected chi connectivity index (χ0v) is 16.2. The summed E-state index contributed by atoms with van der Waals surface area (Å²) < 4.78 is 0. The molecular weight excluding hydrogens is 366 g/mol. The van der Waals surface area contributed by atoms with E-state index in [0.29, 0.717) is 5.56 Å². The van der Waals surface area contributed by atoms with Crippen molar-refractivity contribution in [2.75, 3.05) is 13.1 Å². The number of amides is 1. The summed E-state index contributed by atoms with van der Waals surface area (Å²) in [6.45, 7) is 6.56. The maximum atomic E-state index is 11.2. The average Bonchev–Trinajstić information content (AvgIpc) is 3.20. The van der Waals surface area contributed by atoms with Crippen molar-refractivity contribution in [1.29, 1.82) is 0 Å². The Hall–Kier alpha value is -3.23. The topological polar surface area (TPSA) is 116 Å². The molecule has 0 saturated carbocycles. The molecule has 8 heteroatoms. The van der Waals surface area contributed by atoms with Crippen LogP contribution in [0.4, 0.5) is 5.82 Å². The normalized spacial score (nSPS) is 19.1. The standard InChI is InChI=1S/C21H25N7O/c1-24-18(19-17-6-9-25-21(17)26-13-28(19)23)15-7-10-27(11-8-15)12-14-2-4-16(5-3-14)20(22)29/h2-6,9,13,15,25H,1,7-8,10-12,23H2,(H2,22,29)/b19-18-. The van der Waals surface area contributed by atoms with Crippen LogP contribution in [-0.4, -0.2) is 46.9 Å². The maximum Gasteiger partial charge on any atom is 0.248 e. The van der Waals surface area contributed by atoms with E-state index in [-0.39, 0.29) is 5.92 Å². The number of nitrogens with zero attached hydrogens (tertiary/aromatic N) is 4. The first-order valence-electron chi connectivity index (χ1n) is 9.64. The molecular formula is C21H25N7O. The van der Waals surface area contributed by atoms with Gasteiger partial charge in [0, 0.05) is 29.8 Å². The van der Waals surface area contributed by atoms with Gasteiger partial charge in [0.15, 0.2) is 0 Å². The number of aromatic amines is 1. The molecule has 0 aliphatic carbocycles. The van der Waals surface area contributed by atoms with Crippen LogP contribution >= 0.6 is 0 Å². The van der Waals surface area contributed by atoms with Crippen LogP contribution in [0, 0.1) is 5.92 Å². The second kappa shape index (κ2) is 8.02. The van der Waals surface area contributed by atoms with Gasteiger partial charge in [0.25, 0.3) is 0 Å². The Morgan fingerprint density at radius 2 is 1.97 bits per heavy atom. The summed E-state index contributed by atoms with van der Waals surface area (Å²) in [6, 6.07) is 9.46. The van der Waals surface area contributed by atoms with E-state index in [0.717, 1.165) is 55.3 Å². The molecule has 2 aliphatic heterocycles. The fourth-order valence-corrected chi connectivity index (χ4v) is 4.04. The number of H-pyrrole nitrogens is 1. The quantitative estimate of drug-likeness (QED) is 0.535. The number of hydrogen-bond donors (Lipinski definition) is 3. The number of allylic oxidation sites excluding steroid dienone is 1. The van der Waals surface area contributed by atoms with Gasteiger partial charge in [-0.2, -0.15) is 0 Å². The van der Waals surface area contributed by atoms with Gasteiger partial charge in [-0.1, -0.05) is 12.1 Å². The second-order valence-corrected chi connectivity index (χ2v) is 7.40. The van der Waals surface area contributed by atoms with Crippen molar-refractivity contribution in [3.05, 3.63) is 58.9 Å². The van der Waals surface area contributed by atoms with Crippen molar-refractivity contribution < 1.29 is 4.79 Å². The number of likely N-dealkylation sites (tertiary alicyclic amines) is 1. The molecule has 0 unspecified atom stereocenters. The van der Waals surface area contributed by atoms with Crippen LogP contribution in [0.3, 0.4) is 0 Å². The van der Waals surface area contributed by atoms with Gasteiger partial charge in [-0.15, -0.1) is 0 Å². The molecule has 8 nitrogen and oxygen atoms in total. The van der Waals surface area contributed by atoms with E-state index in [1.54, 1.807) is 18.5 Å². The number of aliphatic imine (C=N–C) groups is 2. The van der Waals surface area contributed by atoms with Crippen LogP contribution in [0.5, 0.6) is 0 Å². The molecule has 2 aliphatic rings. The number of hydrogen-bond acceptors (Lipinski definition) is 6. The van der Waals surface area contributed by atoms with Crippen molar-refractivity contribution in [3.63, 3.8) is 0 Å². The van der Waals surface area contributed by atoms with Gasteiger partial charge >= 0.3 is 0 Å². The minimum atomic E-state index is -0.401. The number of benzene rings is 1. The van der Waals surface area contributed by atoms with E-state index in [1.807, 2.05) is 24.4 Å². The summed E-state index contributed by atoms with van der Waals surface area (Å²) in [6.07, 6.45) is 5.40. The molecule has 2 aromatic rings. The third-order valence-corrected chi connectivity index (χ3v) is 5.58. The van der Waals surface area contributed by atoms with Gasteiger partial charge in [-0.3, -0.25) is 19.7 Å². The number of carbonyl (C=O) groups excluding carboxylic acids is 1. The highest BCUT2D eigenvalue weighted by molar-refractivity contribution is 5.92. The molecule has 29 heavy (non-hydrogen) atoms. The molecule has 1 amide bonds. The predicted molar refractivity (Wildman–Crippen MR) is 114 cm³/mol. The number of carbonyl (C=O) groups is 1. The van der Waals surface area contributed by atoms with E-state index in [2.05, 4.69) is 26.6 Å². The maximum absolute atomic E-state index is 11.2. The van der Waals surface area contributed by atoms with Crippen LogP contribution in [0.2, 0.25) is 0 Å². The van der Waals surface area contributed by atoms with Crippen molar-refractivity contribution >= 4 is 30.5 Å². The van der Waals surface area contributed by atoms with Gasteiger partial charge in [0.2, 0.25) is 5.91 Å². The van der Waals surface area contributed by atoms with Gasteiger partial charge < -0.3 is 10.7 Å². The van der Waals surface area contributed by atoms with Crippen LogP contribution in [0.1, 0.15) is 34.3 Å². The molecule has 150 valence electrons. The van der Waals surface area contributed by atoms with Crippen molar-refractivity contribution in [2.45, 2.75) is 19.4 Å². The number of nitrogens with one attached hydrogen (secondary N) is 1. The average molecular weight is 391 g/mol. The van der Waals surface area contributed by atoms with E-state index >= 15 is 0 Å². The summed E-state index contributed by atoms with van der Waals surface area (Å²) in [4.78, 5) is 25.4. The lowest BCUT2D eigenvalue weighted by Crippen LogP contribution is -2.36. The lowest BCUT2D eigenvalue weighted by atomic mass is 9.90. The fourth-order valence-electron chi connectivity index (χ4n) is 4.04. The smallest absolute Gasteiger partial charge is 0.248 e. The zero-order chi connectivity index (χ0) is 20.4. The Labute approximate surface area is 169 Å². The molecule has 1 fully saturated rings. The Bertz CT molecular complexity index is 965. The van der Waals surface area contributed by atoms with Gasteiger partial charge in [-0.05, 0) is 56.4 Å². The number of nitrogens with two attached hydrogens (primary N) is 2. The minimum Gasteiger partial charge on any atom is -0.366 e. The molecule has 1 saturated heterocycles. The number of rotatable bonds is 5. The molecule has 1 aromatic heterocycles. The molecule has 5 N–H and O–H groups in total. The van der Waals surface area contributed by atoms with Gasteiger partial charge in [0.05, 0.1) is 11.4 Å². The molecule has 3 heterocycles. The van der Waals surface area contributed by atoms with E-state index in [1.165, 1.54) is 10.6 Å². The van der Waals surface area contributed by atoms with Crippen LogP contribution < -0.4 is 11.6 Å². The summed E-state index contributed by atoms with van der Waals surface area (Å²) in [5, 5.41) is 1.53. The minimum absolute atomic E-state index is 0.288. The molecule has 1 aromatic carbocycles. The largest absolute Gasteiger partial charge is 0.366 e. The molecule has 0 spiro atoms. The Morgan fingerprint density at radius 1 is 1.24 bits per heavy atom. The number of hydrazine groups is 1. The predicted octanol–water partition coefficient (Wildman–Crippen LogP) is 2.24. The highest BCUT2D eigenvalue weighted by Crippen LogP contribution is 2.37. The number of fused-ring (bicyclic) bond motifs is 1. The number of piperidine rings is 1. The first-order chi connectivity index (χ1) is 14.1. The third kappa shape index (κ3) is 3.85. The fraction of sp³-hybridized carbons (Fsp3) is 0.286. The summed E-state index contributed by atoms with van der Waals surface area (Å²) >= 11 is 0. The van der Waals surface area contributed by atoms with Crippen molar-refractivity contribution in [3.8, 4) is 0 Å². The van der Waals surface area contributed by atoms with Gasteiger partial charge in [-0.25, -0.2) is 10.8 Å². The molecule has 0 atom stereocenters. The van der Waals surface area contributed by atoms with Gasteiger partial charge in [0.1, 0.15) is 12.2 Å². The highest BCUT2D eigenvalue weighted by atomic mass is 16.1. The Kier molecular flexibility index (Phi) is 5.28. The summed E-state index contributed by atoms with van der Waals surface area (Å²) in [7, 11) is 0. The number of aromatic nitrogens is 1. The molecule has 0 radical (unpaired) electrons. The third-order valence-electron chi connectivity index (χ3n) is 5.58. The second-order valence-electron chi connectivity index (χ2n) is 7.40. The monoisotopic (exact) mass is 391 g/mol. The highest BCUT2D eigenvalue weighted by Gasteiger charge is 2.28. The Morgan fingerprint density at radius 3 is 2.62 bits per heavy atom. The SMILES string of the molecule is C=N/C(=C1/c2cc[nH]c2N=CN1N)C1CCN(Cc2ccc(C(N)=O)cc2)CC1. The molecule has 4 rings (SSSR count). The van der Waals surface area contributed by atoms with E-state index < -0.39 is 5.91 Å². The lowest BCUT2D eigenvalue weighted by molar-refractivity contribution is 0.1000. The lowest BCUT2D eigenvalue weighted by Gasteiger charge is -2.34. The molecule has 0 bridgehead atoms. The first-order valence-corrected chi connectivity index (χ1v) is 9.64. The van der Waals surface area contributed by atoms with Crippen LogP contribution in [0.25, 0.3) is 5.70 Å². The Balaban J connectivity index is 1.45. The van der Waals surface area contributed by atoms with E-state index in [4.69, 9.17) is 11.6 Å². The zero-order valence-electron chi connectivity index (χ0n) is 16.2. The van der Waals surface area contributed by atoms with Crippen LogP contribution in [0.15, 0.2) is 52.2 Å². The summed E-state index contributed by atoms with van der Waals surface area (Å²) in [5.74, 6) is 6.86. The van der Waals surface area contributed by atoms with E-state index in [9.17, 15) is 4.79 Å². The van der Waals surface area contributed by atoms with Crippen molar-refractivity contribution in [2.24, 2.45) is 27.5 Å².